The highest BCUT2D eigenvalue weighted by atomic mass is 127. The van der Waals surface area contributed by atoms with Crippen LogP contribution in [0.3, 0.4) is 0 Å². The van der Waals surface area contributed by atoms with Gasteiger partial charge in [0.15, 0.2) is 0 Å². The molecular weight excluding hydrogens is 313 g/mol. The number of rotatable bonds is 2. The molecule has 0 heterocycles. The zero-order valence-electron chi connectivity index (χ0n) is 8.35. The third-order valence-corrected chi connectivity index (χ3v) is 2.70. The largest absolute Gasteiger partial charge is 0.456 e. The molecule has 0 spiro atoms. The summed E-state index contributed by atoms with van der Waals surface area (Å²) >= 11 is 2.22. The lowest BCUT2D eigenvalue weighted by atomic mass is 10.2. The monoisotopic (exact) mass is 321 g/mol. The third-order valence-electron chi connectivity index (χ3n) is 2.03. The molecule has 0 saturated heterocycles. The molecule has 0 aliphatic carbocycles. The Balaban J connectivity index is 2.31. The molecule has 0 aliphatic heterocycles. The second-order valence-electron chi connectivity index (χ2n) is 3.17. The Bertz CT molecular complexity index is 546. The minimum Gasteiger partial charge on any atom is -0.456 e. The number of benzene rings is 2. The molecule has 0 amide bonds. The fourth-order valence-electron chi connectivity index (χ4n) is 1.31. The number of nitriles is 1. The molecule has 0 radical (unpaired) electrons. The molecule has 0 aliphatic rings. The second-order valence-corrected chi connectivity index (χ2v) is 4.41. The Kier molecular flexibility index (Phi) is 3.42. The lowest BCUT2D eigenvalue weighted by Gasteiger charge is -2.06. The molecule has 2 aromatic rings. The Hall–Kier alpha value is -1.54. The van der Waals surface area contributed by atoms with Crippen molar-refractivity contribution in [3.8, 4) is 17.6 Å². The standard InChI is InChI=1S/C13H8INO/c14-11-5-3-6-12(8-11)16-13-7-2-1-4-10(13)9-15/h1-8H. The Morgan fingerprint density at radius 1 is 1.06 bits per heavy atom. The highest BCUT2D eigenvalue weighted by Crippen LogP contribution is 2.25. The first-order valence-corrected chi connectivity index (χ1v) is 5.80. The summed E-state index contributed by atoms with van der Waals surface area (Å²) in [5, 5.41) is 8.92. The molecule has 0 unspecified atom stereocenters. The summed E-state index contributed by atoms with van der Waals surface area (Å²) in [7, 11) is 0. The van der Waals surface area contributed by atoms with Crippen LogP contribution in [0.1, 0.15) is 5.56 Å². The molecular formula is C13H8INO. The van der Waals surface area contributed by atoms with Crippen LogP contribution in [0.5, 0.6) is 11.5 Å². The van der Waals surface area contributed by atoms with Crippen LogP contribution in [0.25, 0.3) is 0 Å². The van der Waals surface area contributed by atoms with Crippen molar-refractivity contribution in [3.63, 3.8) is 0 Å². The summed E-state index contributed by atoms with van der Waals surface area (Å²) in [5.41, 5.74) is 0.543. The third kappa shape index (κ3) is 2.52. The molecule has 0 aromatic heterocycles. The van der Waals surface area contributed by atoms with Gasteiger partial charge in [0.25, 0.3) is 0 Å². The minimum atomic E-state index is 0.543. The van der Waals surface area contributed by atoms with E-state index < -0.39 is 0 Å². The van der Waals surface area contributed by atoms with Crippen molar-refractivity contribution >= 4 is 22.6 Å². The van der Waals surface area contributed by atoms with Crippen LogP contribution in [0.2, 0.25) is 0 Å². The lowest BCUT2D eigenvalue weighted by Crippen LogP contribution is -1.87. The van der Waals surface area contributed by atoms with E-state index in [9.17, 15) is 0 Å². The SMILES string of the molecule is N#Cc1ccccc1Oc1cccc(I)c1. The Morgan fingerprint density at radius 3 is 2.62 bits per heavy atom. The molecule has 2 rings (SSSR count). The first kappa shape index (κ1) is 11.0. The zero-order chi connectivity index (χ0) is 11.4. The van der Waals surface area contributed by atoms with Crippen LogP contribution in [-0.4, -0.2) is 0 Å². The predicted octanol–water partition coefficient (Wildman–Crippen LogP) is 3.96. The maximum absolute atomic E-state index is 8.92. The van der Waals surface area contributed by atoms with Gasteiger partial charge in [-0.15, -0.1) is 0 Å². The van der Waals surface area contributed by atoms with Crippen molar-refractivity contribution in [2.75, 3.05) is 0 Å². The number of nitrogens with zero attached hydrogens (tertiary/aromatic N) is 1. The van der Waals surface area contributed by atoms with Crippen LogP contribution in [0.4, 0.5) is 0 Å². The highest BCUT2D eigenvalue weighted by Gasteiger charge is 2.03. The smallest absolute Gasteiger partial charge is 0.145 e. The van der Waals surface area contributed by atoms with Crippen molar-refractivity contribution in [2.24, 2.45) is 0 Å². The zero-order valence-corrected chi connectivity index (χ0v) is 10.5. The maximum atomic E-state index is 8.92. The van der Waals surface area contributed by atoms with Gasteiger partial charge in [0.2, 0.25) is 0 Å². The van der Waals surface area contributed by atoms with E-state index in [1.165, 1.54) is 0 Å². The van der Waals surface area contributed by atoms with E-state index in [0.717, 1.165) is 9.32 Å². The molecule has 16 heavy (non-hydrogen) atoms. The summed E-state index contributed by atoms with van der Waals surface area (Å²) in [5.74, 6) is 1.33. The number of hydrogen-bond acceptors (Lipinski definition) is 2. The van der Waals surface area contributed by atoms with Gasteiger partial charge < -0.3 is 4.74 Å². The van der Waals surface area contributed by atoms with Gasteiger partial charge in [0.1, 0.15) is 17.6 Å². The van der Waals surface area contributed by atoms with Crippen LogP contribution >= 0.6 is 22.6 Å². The predicted molar refractivity (Wildman–Crippen MR) is 70.4 cm³/mol. The van der Waals surface area contributed by atoms with Gasteiger partial charge in [-0.05, 0) is 52.9 Å². The highest BCUT2D eigenvalue weighted by molar-refractivity contribution is 14.1. The summed E-state index contributed by atoms with van der Waals surface area (Å²) in [4.78, 5) is 0. The number of hydrogen-bond donors (Lipinski definition) is 0. The minimum absolute atomic E-state index is 0.543. The first-order valence-electron chi connectivity index (χ1n) is 4.72. The van der Waals surface area contributed by atoms with Crippen molar-refractivity contribution in [1.82, 2.24) is 0 Å². The van der Waals surface area contributed by atoms with E-state index in [0.29, 0.717) is 11.3 Å². The summed E-state index contributed by atoms with van der Waals surface area (Å²) in [6.07, 6.45) is 0. The molecule has 2 aromatic carbocycles. The Morgan fingerprint density at radius 2 is 1.88 bits per heavy atom. The van der Waals surface area contributed by atoms with Gasteiger partial charge in [-0.3, -0.25) is 0 Å². The summed E-state index contributed by atoms with van der Waals surface area (Å²) in [6, 6.07) is 17.0. The average Bonchev–Trinajstić information content (AvgIpc) is 2.30. The van der Waals surface area contributed by atoms with Crippen LogP contribution in [0, 0.1) is 14.9 Å². The van der Waals surface area contributed by atoms with Gasteiger partial charge in [-0.25, -0.2) is 0 Å². The van der Waals surface area contributed by atoms with Crippen LogP contribution in [0.15, 0.2) is 48.5 Å². The van der Waals surface area contributed by atoms with Gasteiger partial charge in [-0.1, -0.05) is 18.2 Å². The van der Waals surface area contributed by atoms with E-state index in [4.69, 9.17) is 10.00 Å². The molecule has 0 fully saturated rings. The van der Waals surface area contributed by atoms with E-state index >= 15 is 0 Å². The first-order chi connectivity index (χ1) is 7.79. The van der Waals surface area contributed by atoms with E-state index in [2.05, 4.69) is 28.7 Å². The van der Waals surface area contributed by atoms with E-state index in [1.54, 1.807) is 12.1 Å². The Labute approximate surface area is 108 Å². The van der Waals surface area contributed by atoms with Crippen molar-refractivity contribution in [1.29, 1.82) is 5.26 Å². The number of halogens is 1. The fraction of sp³-hybridized carbons (Fsp3) is 0. The lowest BCUT2D eigenvalue weighted by molar-refractivity contribution is 0.481. The number of para-hydroxylation sites is 1. The number of ether oxygens (including phenoxy) is 1. The maximum Gasteiger partial charge on any atom is 0.145 e. The molecule has 78 valence electrons. The van der Waals surface area contributed by atoms with Crippen LogP contribution < -0.4 is 4.74 Å². The van der Waals surface area contributed by atoms with Gasteiger partial charge in [-0.2, -0.15) is 5.26 Å². The second kappa shape index (κ2) is 4.99. The van der Waals surface area contributed by atoms with Gasteiger partial charge in [0, 0.05) is 3.57 Å². The van der Waals surface area contributed by atoms with Gasteiger partial charge >= 0.3 is 0 Å². The summed E-state index contributed by atoms with van der Waals surface area (Å²) < 4.78 is 6.76. The normalized spacial score (nSPS) is 9.50. The average molecular weight is 321 g/mol. The molecule has 0 atom stereocenters. The molecule has 3 heteroatoms. The molecule has 2 nitrogen and oxygen atoms in total. The topological polar surface area (TPSA) is 33.0 Å². The van der Waals surface area contributed by atoms with E-state index in [-0.39, 0.29) is 0 Å². The fourth-order valence-corrected chi connectivity index (χ4v) is 1.82. The molecule has 0 saturated carbocycles. The van der Waals surface area contributed by atoms with Crippen molar-refractivity contribution in [3.05, 3.63) is 57.7 Å². The van der Waals surface area contributed by atoms with Crippen molar-refractivity contribution < 1.29 is 4.74 Å². The van der Waals surface area contributed by atoms with Crippen LogP contribution in [-0.2, 0) is 0 Å². The van der Waals surface area contributed by atoms with E-state index in [1.807, 2.05) is 36.4 Å². The molecule has 0 bridgehead atoms. The van der Waals surface area contributed by atoms with Crippen molar-refractivity contribution in [2.45, 2.75) is 0 Å². The summed E-state index contributed by atoms with van der Waals surface area (Å²) in [6.45, 7) is 0. The van der Waals surface area contributed by atoms with Gasteiger partial charge in [0.05, 0.1) is 5.56 Å². The molecule has 0 N–H and O–H groups in total. The quantitative estimate of drug-likeness (QED) is 0.785.